The van der Waals surface area contributed by atoms with Crippen molar-refractivity contribution in [3.8, 4) is 0 Å². The Morgan fingerprint density at radius 1 is 1.38 bits per heavy atom. The van der Waals surface area contributed by atoms with Gasteiger partial charge in [-0.1, -0.05) is 23.2 Å². The predicted octanol–water partition coefficient (Wildman–Crippen LogP) is 3.03. The average Bonchev–Trinajstić information content (AvgIpc) is 2.04. The van der Waals surface area contributed by atoms with Crippen LogP contribution in [0.25, 0.3) is 0 Å². The zero-order valence-electron chi connectivity index (χ0n) is 7.55. The predicted molar refractivity (Wildman–Crippen MR) is 56.7 cm³/mol. The fourth-order valence-electron chi connectivity index (χ4n) is 1.05. The Balaban J connectivity index is 2.88. The highest BCUT2D eigenvalue weighted by atomic mass is 35.5. The summed E-state index contributed by atoms with van der Waals surface area (Å²) in [6.07, 6.45) is 0. The summed E-state index contributed by atoms with van der Waals surface area (Å²) < 4.78 is 4.98. The molecule has 4 heteroatoms. The molecule has 0 aromatic heterocycles. The van der Waals surface area contributed by atoms with Crippen molar-refractivity contribution in [2.75, 3.05) is 25.8 Å². The molecule has 2 nitrogen and oxygen atoms in total. The summed E-state index contributed by atoms with van der Waals surface area (Å²) in [6.45, 7) is 0.501. The molecule has 0 amide bonds. The number of rotatable bonds is 3. The fraction of sp³-hybridized carbons (Fsp3) is 0.333. The molecule has 0 aliphatic carbocycles. The maximum Gasteiger partial charge on any atom is 0.118 e. The zero-order chi connectivity index (χ0) is 9.84. The van der Waals surface area contributed by atoms with Crippen LogP contribution in [0.15, 0.2) is 18.2 Å². The van der Waals surface area contributed by atoms with Gasteiger partial charge in [-0.25, -0.2) is 0 Å². The number of halogens is 2. The molecule has 0 radical (unpaired) electrons. The number of hydrogen-bond donors (Lipinski definition) is 0. The first-order valence-corrected chi connectivity index (χ1v) is 4.56. The first-order valence-electron chi connectivity index (χ1n) is 3.80. The highest BCUT2D eigenvalue weighted by Gasteiger charge is 2.05. The number of ether oxygens (including phenoxy) is 1. The van der Waals surface area contributed by atoms with Gasteiger partial charge in [-0.3, -0.25) is 0 Å². The molecule has 0 fully saturated rings. The van der Waals surface area contributed by atoms with Crippen LogP contribution in [0.4, 0.5) is 5.69 Å². The van der Waals surface area contributed by atoms with E-state index < -0.39 is 0 Å². The summed E-state index contributed by atoms with van der Waals surface area (Å²) in [5, 5.41) is 1.27. The molecule has 72 valence electrons. The molecule has 1 aromatic carbocycles. The van der Waals surface area contributed by atoms with Crippen LogP contribution in [-0.4, -0.2) is 20.9 Å². The van der Waals surface area contributed by atoms with Crippen LogP contribution in [0.3, 0.4) is 0 Å². The maximum absolute atomic E-state index is 5.98. The van der Waals surface area contributed by atoms with Crippen LogP contribution in [0.2, 0.25) is 10.0 Å². The fourth-order valence-corrected chi connectivity index (χ4v) is 1.61. The Labute approximate surface area is 88.0 Å². The number of benzene rings is 1. The van der Waals surface area contributed by atoms with E-state index in [0.717, 1.165) is 5.69 Å². The molecule has 1 rings (SSSR count). The van der Waals surface area contributed by atoms with Gasteiger partial charge in [0.1, 0.15) is 6.73 Å². The number of nitrogens with zero attached hydrogens (tertiary/aromatic N) is 1. The summed E-state index contributed by atoms with van der Waals surface area (Å²) in [6, 6.07) is 5.38. The van der Waals surface area contributed by atoms with E-state index in [-0.39, 0.29) is 0 Å². The Kier molecular flexibility index (Phi) is 3.85. The van der Waals surface area contributed by atoms with E-state index in [9.17, 15) is 0 Å². The monoisotopic (exact) mass is 219 g/mol. The lowest BCUT2D eigenvalue weighted by atomic mass is 10.3. The minimum Gasteiger partial charge on any atom is -0.364 e. The highest BCUT2D eigenvalue weighted by Crippen LogP contribution is 2.27. The third kappa shape index (κ3) is 2.76. The standard InChI is InChI=1S/C9H11Cl2NO/c1-12(6-13-2)9-4-3-7(10)5-8(9)11/h3-5H,6H2,1-2H3. The van der Waals surface area contributed by atoms with Gasteiger partial charge in [0, 0.05) is 19.2 Å². The van der Waals surface area contributed by atoms with Crippen molar-refractivity contribution in [1.29, 1.82) is 0 Å². The summed E-state index contributed by atoms with van der Waals surface area (Å²) in [7, 11) is 3.54. The number of hydrogen-bond acceptors (Lipinski definition) is 2. The van der Waals surface area contributed by atoms with E-state index in [1.165, 1.54) is 0 Å². The molecule has 1 aromatic rings. The number of methoxy groups -OCH3 is 1. The van der Waals surface area contributed by atoms with E-state index in [0.29, 0.717) is 16.8 Å². The lowest BCUT2D eigenvalue weighted by molar-refractivity contribution is 0.202. The molecule has 0 atom stereocenters. The van der Waals surface area contributed by atoms with E-state index >= 15 is 0 Å². The van der Waals surface area contributed by atoms with E-state index in [1.54, 1.807) is 19.2 Å². The second-order valence-electron chi connectivity index (χ2n) is 2.71. The van der Waals surface area contributed by atoms with E-state index in [2.05, 4.69) is 0 Å². The first-order chi connectivity index (χ1) is 6.15. The van der Waals surface area contributed by atoms with Crippen LogP contribution in [0.1, 0.15) is 0 Å². The van der Waals surface area contributed by atoms with Gasteiger partial charge < -0.3 is 9.64 Å². The number of anilines is 1. The lowest BCUT2D eigenvalue weighted by Crippen LogP contribution is -2.19. The Morgan fingerprint density at radius 2 is 2.08 bits per heavy atom. The van der Waals surface area contributed by atoms with Gasteiger partial charge in [-0.15, -0.1) is 0 Å². The second-order valence-corrected chi connectivity index (χ2v) is 3.56. The summed E-state index contributed by atoms with van der Waals surface area (Å²) in [4.78, 5) is 1.90. The summed E-state index contributed by atoms with van der Waals surface area (Å²) in [5.41, 5.74) is 0.910. The molecule has 0 saturated carbocycles. The largest absolute Gasteiger partial charge is 0.364 e. The normalized spacial score (nSPS) is 10.2. The topological polar surface area (TPSA) is 12.5 Å². The minimum absolute atomic E-state index is 0.501. The Bertz CT molecular complexity index is 291. The van der Waals surface area contributed by atoms with Crippen LogP contribution >= 0.6 is 23.2 Å². The van der Waals surface area contributed by atoms with Crippen molar-refractivity contribution in [2.45, 2.75) is 0 Å². The third-order valence-electron chi connectivity index (χ3n) is 1.64. The Morgan fingerprint density at radius 3 is 2.62 bits per heavy atom. The molecule has 0 spiro atoms. The van der Waals surface area contributed by atoms with Crippen molar-refractivity contribution >= 4 is 28.9 Å². The molecule has 0 aliphatic rings. The highest BCUT2D eigenvalue weighted by molar-refractivity contribution is 6.36. The van der Waals surface area contributed by atoms with Gasteiger partial charge in [0.05, 0.1) is 10.7 Å². The second kappa shape index (κ2) is 4.70. The SMILES string of the molecule is COCN(C)c1ccc(Cl)cc1Cl. The molecule has 0 bridgehead atoms. The quantitative estimate of drug-likeness (QED) is 0.726. The zero-order valence-corrected chi connectivity index (χ0v) is 9.06. The van der Waals surface area contributed by atoms with Gasteiger partial charge in [-0.2, -0.15) is 0 Å². The van der Waals surface area contributed by atoms with Gasteiger partial charge >= 0.3 is 0 Å². The van der Waals surface area contributed by atoms with Gasteiger partial charge in [0.2, 0.25) is 0 Å². The smallest absolute Gasteiger partial charge is 0.118 e. The molecule has 0 saturated heterocycles. The molecule has 0 aliphatic heterocycles. The minimum atomic E-state index is 0.501. The van der Waals surface area contributed by atoms with Crippen molar-refractivity contribution in [3.05, 3.63) is 28.2 Å². The summed E-state index contributed by atoms with van der Waals surface area (Å²) >= 11 is 11.7. The van der Waals surface area contributed by atoms with Crippen LogP contribution in [0, 0.1) is 0 Å². The molecule has 0 N–H and O–H groups in total. The van der Waals surface area contributed by atoms with E-state index in [1.807, 2.05) is 18.0 Å². The van der Waals surface area contributed by atoms with Crippen LogP contribution < -0.4 is 4.90 Å². The van der Waals surface area contributed by atoms with Gasteiger partial charge in [0.15, 0.2) is 0 Å². The van der Waals surface area contributed by atoms with Crippen LogP contribution in [-0.2, 0) is 4.74 Å². The third-order valence-corrected chi connectivity index (χ3v) is 2.18. The van der Waals surface area contributed by atoms with Crippen molar-refractivity contribution in [1.82, 2.24) is 0 Å². The van der Waals surface area contributed by atoms with Crippen molar-refractivity contribution < 1.29 is 4.74 Å². The van der Waals surface area contributed by atoms with Gasteiger partial charge in [0.25, 0.3) is 0 Å². The average molecular weight is 220 g/mol. The molecular weight excluding hydrogens is 209 g/mol. The maximum atomic E-state index is 5.98. The van der Waals surface area contributed by atoms with Crippen molar-refractivity contribution in [3.63, 3.8) is 0 Å². The van der Waals surface area contributed by atoms with Crippen LogP contribution in [0.5, 0.6) is 0 Å². The molecule has 13 heavy (non-hydrogen) atoms. The van der Waals surface area contributed by atoms with Crippen molar-refractivity contribution in [2.24, 2.45) is 0 Å². The first kappa shape index (κ1) is 10.6. The summed E-state index contributed by atoms with van der Waals surface area (Å²) in [5.74, 6) is 0. The molecule has 0 heterocycles. The Hall–Kier alpha value is -0.440. The molecule has 0 unspecified atom stereocenters. The van der Waals surface area contributed by atoms with E-state index in [4.69, 9.17) is 27.9 Å². The lowest BCUT2D eigenvalue weighted by Gasteiger charge is -2.19. The van der Waals surface area contributed by atoms with Gasteiger partial charge in [-0.05, 0) is 18.2 Å². The molecular formula is C9H11Cl2NO.